The highest BCUT2D eigenvalue weighted by molar-refractivity contribution is 6.32. The van der Waals surface area contributed by atoms with Crippen LogP contribution >= 0.6 is 11.6 Å². The number of carbonyl (C=O) groups excluding carboxylic acids is 1. The van der Waals surface area contributed by atoms with E-state index >= 15 is 0 Å². The molecule has 2 aliphatic rings. The molecule has 1 amide bonds. The molecular formula is C21H19ClN2O4. The summed E-state index contributed by atoms with van der Waals surface area (Å²) in [5.41, 5.74) is 1.29. The van der Waals surface area contributed by atoms with Gasteiger partial charge in [0, 0.05) is 11.9 Å². The van der Waals surface area contributed by atoms with Gasteiger partial charge in [0.25, 0.3) is 0 Å². The number of benzene rings is 1. The third kappa shape index (κ3) is 3.60. The lowest BCUT2D eigenvalue weighted by molar-refractivity contribution is -0.146. The number of carboxylic acids is 1. The van der Waals surface area contributed by atoms with Crippen molar-refractivity contribution in [3.63, 3.8) is 0 Å². The first-order chi connectivity index (χ1) is 13.5. The van der Waals surface area contributed by atoms with Crippen molar-refractivity contribution in [2.24, 2.45) is 23.7 Å². The summed E-state index contributed by atoms with van der Waals surface area (Å²) in [5, 5.41) is 12.7. The predicted octanol–water partition coefficient (Wildman–Crippen LogP) is 3.78. The molecule has 2 aromatic rings. The number of carboxylic acid groups (broad SMARTS) is 1. The van der Waals surface area contributed by atoms with Crippen molar-refractivity contribution in [1.82, 2.24) is 4.98 Å². The minimum absolute atomic E-state index is 0.0254. The number of allylic oxidation sites excluding steroid dienone is 2. The SMILES string of the molecule is O=C(O)C1C2C=CC(C2)C1C(=O)Nc1ccc(OCc2ccccn2)c(Cl)c1. The van der Waals surface area contributed by atoms with E-state index in [-0.39, 0.29) is 24.3 Å². The molecule has 2 bridgehead atoms. The largest absolute Gasteiger partial charge is 0.486 e. The maximum atomic E-state index is 12.7. The van der Waals surface area contributed by atoms with Gasteiger partial charge >= 0.3 is 5.97 Å². The molecule has 1 aromatic carbocycles. The van der Waals surface area contributed by atoms with E-state index in [9.17, 15) is 14.7 Å². The number of nitrogens with zero attached hydrogens (tertiary/aromatic N) is 1. The van der Waals surface area contributed by atoms with Gasteiger partial charge in [-0.15, -0.1) is 0 Å². The van der Waals surface area contributed by atoms with Gasteiger partial charge < -0.3 is 15.2 Å². The molecule has 28 heavy (non-hydrogen) atoms. The Morgan fingerprint density at radius 2 is 1.96 bits per heavy atom. The van der Waals surface area contributed by atoms with Crippen LogP contribution in [0.4, 0.5) is 5.69 Å². The molecule has 4 unspecified atom stereocenters. The van der Waals surface area contributed by atoms with Crippen molar-refractivity contribution in [3.05, 3.63) is 65.5 Å². The van der Waals surface area contributed by atoms with Gasteiger partial charge in [0.15, 0.2) is 0 Å². The molecule has 0 radical (unpaired) electrons. The van der Waals surface area contributed by atoms with Crippen LogP contribution in [0.3, 0.4) is 0 Å². The second-order valence-electron chi connectivity index (χ2n) is 7.08. The molecule has 0 saturated heterocycles. The Labute approximate surface area is 167 Å². The van der Waals surface area contributed by atoms with Gasteiger partial charge in [-0.05, 0) is 48.6 Å². The number of hydrogen-bond acceptors (Lipinski definition) is 4. The summed E-state index contributed by atoms with van der Waals surface area (Å²) in [6.07, 6.45) is 6.28. The average molecular weight is 399 g/mol. The molecule has 144 valence electrons. The number of fused-ring (bicyclic) bond motifs is 2. The van der Waals surface area contributed by atoms with Crippen LogP contribution in [0, 0.1) is 23.7 Å². The Morgan fingerprint density at radius 3 is 2.64 bits per heavy atom. The molecule has 1 aromatic heterocycles. The minimum atomic E-state index is -0.923. The lowest BCUT2D eigenvalue weighted by Crippen LogP contribution is -2.36. The van der Waals surface area contributed by atoms with Crippen LogP contribution in [0.15, 0.2) is 54.7 Å². The van der Waals surface area contributed by atoms with Crippen LogP contribution in [-0.4, -0.2) is 22.0 Å². The first-order valence-electron chi connectivity index (χ1n) is 9.07. The number of halogens is 1. The number of rotatable bonds is 6. The number of aromatic nitrogens is 1. The van der Waals surface area contributed by atoms with Crippen molar-refractivity contribution in [2.75, 3.05) is 5.32 Å². The number of carbonyl (C=O) groups is 2. The molecule has 1 fully saturated rings. The summed E-state index contributed by atoms with van der Waals surface area (Å²) < 4.78 is 5.68. The average Bonchev–Trinajstić information content (AvgIpc) is 3.29. The van der Waals surface area contributed by atoms with E-state index in [1.807, 2.05) is 30.4 Å². The topological polar surface area (TPSA) is 88.5 Å². The van der Waals surface area contributed by atoms with Crippen molar-refractivity contribution >= 4 is 29.2 Å². The van der Waals surface area contributed by atoms with Crippen LogP contribution < -0.4 is 10.1 Å². The van der Waals surface area contributed by atoms with Gasteiger partial charge in [0.1, 0.15) is 12.4 Å². The Balaban J connectivity index is 1.42. The van der Waals surface area contributed by atoms with E-state index < -0.39 is 17.8 Å². The fraction of sp³-hybridized carbons (Fsp3) is 0.286. The number of anilines is 1. The van der Waals surface area contributed by atoms with Crippen molar-refractivity contribution in [2.45, 2.75) is 13.0 Å². The van der Waals surface area contributed by atoms with E-state index in [0.717, 1.165) is 12.1 Å². The molecule has 4 rings (SSSR count). The van der Waals surface area contributed by atoms with Crippen LogP contribution in [-0.2, 0) is 16.2 Å². The number of hydrogen-bond donors (Lipinski definition) is 2. The molecule has 1 heterocycles. The van der Waals surface area contributed by atoms with Crippen LogP contribution in [0.1, 0.15) is 12.1 Å². The first-order valence-corrected chi connectivity index (χ1v) is 9.45. The number of pyridine rings is 1. The zero-order valence-corrected chi connectivity index (χ0v) is 15.7. The van der Waals surface area contributed by atoms with Crippen molar-refractivity contribution in [3.8, 4) is 5.75 Å². The van der Waals surface area contributed by atoms with Crippen molar-refractivity contribution in [1.29, 1.82) is 0 Å². The van der Waals surface area contributed by atoms with Gasteiger partial charge in [-0.1, -0.05) is 29.8 Å². The highest BCUT2D eigenvalue weighted by Gasteiger charge is 2.51. The smallest absolute Gasteiger partial charge is 0.307 e. The molecule has 1 saturated carbocycles. The van der Waals surface area contributed by atoms with Gasteiger partial charge in [0.05, 0.1) is 22.6 Å². The second kappa shape index (κ2) is 7.64. The summed E-state index contributed by atoms with van der Waals surface area (Å²) in [6.45, 7) is 0.282. The van der Waals surface area contributed by atoms with E-state index in [1.54, 1.807) is 24.4 Å². The molecule has 2 N–H and O–H groups in total. The van der Waals surface area contributed by atoms with E-state index in [2.05, 4.69) is 10.3 Å². The third-order valence-corrected chi connectivity index (χ3v) is 5.64. The normalized spacial score (nSPS) is 24.9. The fourth-order valence-corrected chi connectivity index (χ4v) is 4.31. The first kappa shape index (κ1) is 18.5. The summed E-state index contributed by atoms with van der Waals surface area (Å²) in [6, 6.07) is 10.5. The highest BCUT2D eigenvalue weighted by Crippen LogP contribution is 2.48. The van der Waals surface area contributed by atoms with E-state index in [4.69, 9.17) is 16.3 Å². The quantitative estimate of drug-likeness (QED) is 0.723. The Morgan fingerprint density at radius 1 is 1.18 bits per heavy atom. The molecular weight excluding hydrogens is 380 g/mol. The summed E-state index contributed by atoms with van der Waals surface area (Å²) in [7, 11) is 0. The monoisotopic (exact) mass is 398 g/mol. The van der Waals surface area contributed by atoms with E-state index in [1.165, 1.54) is 0 Å². The van der Waals surface area contributed by atoms with Crippen LogP contribution in [0.25, 0.3) is 0 Å². The highest BCUT2D eigenvalue weighted by atomic mass is 35.5. The molecule has 2 aliphatic carbocycles. The second-order valence-corrected chi connectivity index (χ2v) is 7.49. The van der Waals surface area contributed by atoms with Gasteiger partial charge in [-0.3, -0.25) is 14.6 Å². The van der Waals surface area contributed by atoms with Crippen LogP contribution in [0.5, 0.6) is 5.75 Å². The Bertz CT molecular complexity index is 931. The fourth-order valence-electron chi connectivity index (χ4n) is 4.07. The predicted molar refractivity (Wildman–Crippen MR) is 104 cm³/mol. The lowest BCUT2D eigenvalue weighted by Gasteiger charge is -2.24. The van der Waals surface area contributed by atoms with Gasteiger partial charge in [0.2, 0.25) is 5.91 Å². The maximum absolute atomic E-state index is 12.7. The summed E-state index contributed by atoms with van der Waals surface area (Å²) >= 11 is 6.28. The lowest BCUT2D eigenvalue weighted by atomic mass is 9.82. The Hall–Kier alpha value is -2.86. The zero-order valence-electron chi connectivity index (χ0n) is 14.9. The number of ether oxygens (including phenoxy) is 1. The number of aliphatic carboxylic acids is 1. The van der Waals surface area contributed by atoms with Crippen LogP contribution in [0.2, 0.25) is 5.02 Å². The third-order valence-electron chi connectivity index (χ3n) is 5.35. The Kier molecular flexibility index (Phi) is 5.05. The standard InChI is InChI=1S/C21H19ClN2O4/c22-16-10-14(6-7-17(16)28-11-15-3-1-2-8-23-15)24-20(25)18-12-4-5-13(9-12)19(18)21(26)27/h1-8,10,12-13,18-19H,9,11H2,(H,24,25)(H,26,27). The minimum Gasteiger partial charge on any atom is -0.486 e. The van der Waals surface area contributed by atoms with Gasteiger partial charge in [-0.25, -0.2) is 0 Å². The van der Waals surface area contributed by atoms with Crippen molar-refractivity contribution < 1.29 is 19.4 Å². The molecule has 6 nitrogen and oxygen atoms in total. The number of nitrogens with one attached hydrogen (secondary N) is 1. The van der Waals surface area contributed by atoms with E-state index in [0.29, 0.717) is 16.5 Å². The molecule has 4 atom stereocenters. The summed E-state index contributed by atoms with van der Waals surface area (Å²) in [4.78, 5) is 28.5. The number of amides is 1. The maximum Gasteiger partial charge on any atom is 0.307 e. The molecule has 0 aliphatic heterocycles. The van der Waals surface area contributed by atoms with Gasteiger partial charge in [-0.2, -0.15) is 0 Å². The summed E-state index contributed by atoms with van der Waals surface area (Å²) in [5.74, 6) is -2.06. The molecule has 7 heteroatoms. The molecule has 0 spiro atoms. The zero-order chi connectivity index (χ0) is 19.7.